The lowest BCUT2D eigenvalue weighted by atomic mass is 9.83. The highest BCUT2D eigenvalue weighted by Crippen LogP contribution is 2.30. The van der Waals surface area contributed by atoms with E-state index in [-0.39, 0.29) is 12.2 Å². The SMILES string of the molecule is CC(=O)NC1(C(C(C)=O)[n+]2ccccc2)CC(C(=O)O)NC1=O. The van der Waals surface area contributed by atoms with E-state index in [9.17, 15) is 19.2 Å². The predicted octanol–water partition coefficient (Wildman–Crippen LogP) is -1.05. The van der Waals surface area contributed by atoms with E-state index in [1.54, 1.807) is 30.6 Å². The molecule has 23 heavy (non-hydrogen) atoms. The van der Waals surface area contributed by atoms with Crippen molar-refractivity contribution in [2.24, 2.45) is 0 Å². The Morgan fingerprint density at radius 1 is 1.30 bits per heavy atom. The first-order valence-corrected chi connectivity index (χ1v) is 7.06. The molecule has 0 aliphatic carbocycles. The summed E-state index contributed by atoms with van der Waals surface area (Å²) in [4.78, 5) is 47.6. The second kappa shape index (κ2) is 6.15. The Hall–Kier alpha value is -2.77. The van der Waals surface area contributed by atoms with Gasteiger partial charge in [-0.25, -0.2) is 4.79 Å². The molecule has 8 heteroatoms. The van der Waals surface area contributed by atoms with Crippen LogP contribution in [0.15, 0.2) is 30.6 Å². The van der Waals surface area contributed by atoms with Gasteiger partial charge in [0.05, 0.1) is 0 Å². The van der Waals surface area contributed by atoms with Gasteiger partial charge in [-0.1, -0.05) is 6.07 Å². The minimum atomic E-state index is -1.65. The third-order valence-corrected chi connectivity index (χ3v) is 3.82. The van der Waals surface area contributed by atoms with Crippen LogP contribution in [0.4, 0.5) is 0 Å². The quantitative estimate of drug-likeness (QED) is 0.599. The van der Waals surface area contributed by atoms with Gasteiger partial charge in [0.2, 0.25) is 17.7 Å². The van der Waals surface area contributed by atoms with Crippen LogP contribution in [0, 0.1) is 0 Å². The van der Waals surface area contributed by atoms with Gasteiger partial charge in [0.1, 0.15) is 6.04 Å². The Kier molecular flexibility index (Phi) is 4.44. The summed E-state index contributed by atoms with van der Waals surface area (Å²) in [5, 5.41) is 14.0. The first-order chi connectivity index (χ1) is 10.8. The molecule has 0 aromatic carbocycles. The highest BCUT2D eigenvalue weighted by atomic mass is 16.4. The van der Waals surface area contributed by atoms with E-state index in [0.717, 1.165) is 0 Å². The van der Waals surface area contributed by atoms with E-state index in [1.165, 1.54) is 18.4 Å². The number of pyridine rings is 1. The number of hydrogen-bond acceptors (Lipinski definition) is 4. The number of ketones is 1. The van der Waals surface area contributed by atoms with Gasteiger partial charge in [-0.15, -0.1) is 0 Å². The van der Waals surface area contributed by atoms with Gasteiger partial charge in [0.15, 0.2) is 17.9 Å². The van der Waals surface area contributed by atoms with Crippen LogP contribution in [0.3, 0.4) is 0 Å². The molecule has 0 radical (unpaired) electrons. The van der Waals surface area contributed by atoms with Crippen molar-refractivity contribution in [3.05, 3.63) is 30.6 Å². The summed E-state index contributed by atoms with van der Waals surface area (Å²) in [7, 11) is 0. The molecule has 1 aliphatic heterocycles. The normalized spacial score (nSPS) is 24.6. The van der Waals surface area contributed by atoms with Gasteiger partial charge in [-0.05, 0) is 0 Å². The van der Waals surface area contributed by atoms with Crippen LogP contribution in [-0.2, 0) is 19.2 Å². The predicted molar refractivity (Wildman–Crippen MR) is 77.1 cm³/mol. The molecule has 122 valence electrons. The summed E-state index contributed by atoms with van der Waals surface area (Å²) in [6, 6.07) is 2.89. The maximum Gasteiger partial charge on any atom is 0.326 e. The minimum Gasteiger partial charge on any atom is -0.480 e. The number of carboxylic acid groups (broad SMARTS) is 1. The molecule has 0 spiro atoms. The van der Waals surface area contributed by atoms with E-state index in [4.69, 9.17) is 5.11 Å². The van der Waals surface area contributed by atoms with Crippen molar-refractivity contribution in [2.75, 3.05) is 0 Å². The first-order valence-electron chi connectivity index (χ1n) is 7.06. The fourth-order valence-electron chi connectivity index (χ4n) is 3.02. The average Bonchev–Trinajstić information content (AvgIpc) is 2.77. The Bertz CT molecular complexity index is 660. The average molecular weight is 320 g/mol. The lowest BCUT2D eigenvalue weighted by Gasteiger charge is -2.30. The van der Waals surface area contributed by atoms with E-state index in [0.29, 0.717) is 0 Å². The number of aromatic nitrogens is 1. The van der Waals surface area contributed by atoms with E-state index < -0.39 is 35.4 Å². The highest BCUT2D eigenvalue weighted by molar-refractivity contribution is 6.01. The largest absolute Gasteiger partial charge is 0.480 e. The lowest BCUT2D eigenvalue weighted by molar-refractivity contribution is -0.714. The maximum absolute atomic E-state index is 12.5. The van der Waals surface area contributed by atoms with Crippen molar-refractivity contribution < 1.29 is 28.9 Å². The van der Waals surface area contributed by atoms with Crippen molar-refractivity contribution in [1.82, 2.24) is 10.6 Å². The summed E-state index contributed by atoms with van der Waals surface area (Å²) in [5.41, 5.74) is -1.65. The fourth-order valence-corrected chi connectivity index (χ4v) is 3.02. The molecule has 1 saturated heterocycles. The molecule has 2 heterocycles. The third-order valence-electron chi connectivity index (χ3n) is 3.82. The molecule has 0 saturated carbocycles. The smallest absolute Gasteiger partial charge is 0.326 e. The second-order valence-corrected chi connectivity index (χ2v) is 5.56. The second-order valence-electron chi connectivity index (χ2n) is 5.56. The molecule has 0 bridgehead atoms. The zero-order valence-electron chi connectivity index (χ0n) is 12.8. The van der Waals surface area contributed by atoms with Gasteiger partial charge < -0.3 is 15.7 Å². The van der Waals surface area contributed by atoms with Gasteiger partial charge in [-0.3, -0.25) is 14.4 Å². The van der Waals surface area contributed by atoms with Crippen LogP contribution in [0.1, 0.15) is 26.3 Å². The number of carbonyl (C=O) groups is 4. The third kappa shape index (κ3) is 3.05. The standard InChI is InChI=1S/C15H17N3O5/c1-9(19)12(18-6-4-3-5-7-18)15(17-10(2)20)8-11(13(21)22)16-14(15)23/h3-7,11-12H,8H2,1-2H3,(H2-,16,17,20,21,22,23)/p+1. The van der Waals surface area contributed by atoms with E-state index in [2.05, 4.69) is 10.6 Å². The summed E-state index contributed by atoms with van der Waals surface area (Å²) in [5.74, 6) is -2.78. The van der Waals surface area contributed by atoms with Gasteiger partial charge >= 0.3 is 5.97 Å². The van der Waals surface area contributed by atoms with E-state index in [1.807, 2.05) is 0 Å². The molecular weight excluding hydrogens is 302 g/mol. The minimum absolute atomic E-state index is 0.215. The van der Waals surface area contributed by atoms with Gasteiger partial charge in [0.25, 0.3) is 5.91 Å². The molecule has 1 aromatic heterocycles. The monoisotopic (exact) mass is 320 g/mol. The summed E-state index contributed by atoms with van der Waals surface area (Å²) < 4.78 is 1.50. The fraction of sp³-hybridized carbons (Fsp3) is 0.400. The zero-order valence-corrected chi connectivity index (χ0v) is 12.8. The van der Waals surface area contributed by atoms with Crippen molar-refractivity contribution in [1.29, 1.82) is 0 Å². The molecule has 2 rings (SSSR count). The maximum atomic E-state index is 12.5. The molecule has 3 atom stereocenters. The zero-order chi connectivity index (χ0) is 17.2. The molecule has 3 N–H and O–H groups in total. The Balaban J connectivity index is 2.56. The first kappa shape index (κ1) is 16.6. The Morgan fingerprint density at radius 3 is 2.35 bits per heavy atom. The molecule has 1 aliphatic rings. The number of nitrogens with one attached hydrogen (secondary N) is 2. The molecule has 2 amide bonds. The van der Waals surface area contributed by atoms with Crippen LogP contribution in [0.5, 0.6) is 0 Å². The van der Waals surface area contributed by atoms with Crippen LogP contribution < -0.4 is 15.2 Å². The van der Waals surface area contributed by atoms with Crippen LogP contribution >= 0.6 is 0 Å². The molecule has 3 unspecified atom stereocenters. The lowest BCUT2D eigenvalue weighted by Crippen LogP contribution is -2.66. The van der Waals surface area contributed by atoms with E-state index >= 15 is 0 Å². The summed E-state index contributed by atoms with van der Waals surface area (Å²) in [6.07, 6.45) is 2.97. The van der Waals surface area contributed by atoms with Crippen LogP contribution in [-0.4, -0.2) is 40.3 Å². The number of Topliss-reactive ketones (excluding diaryl/α,β-unsaturated/α-hetero) is 1. The van der Waals surface area contributed by atoms with Crippen molar-refractivity contribution in [2.45, 2.75) is 37.9 Å². The van der Waals surface area contributed by atoms with Gasteiger partial charge in [0, 0.05) is 32.4 Å². The Labute approximate surface area is 132 Å². The molecule has 1 fully saturated rings. The topological polar surface area (TPSA) is 116 Å². The number of hydrogen-bond donors (Lipinski definition) is 3. The molecular formula is C15H18N3O5+. The number of aliphatic carboxylic acids is 1. The van der Waals surface area contributed by atoms with Crippen molar-refractivity contribution >= 4 is 23.6 Å². The molecule has 8 nitrogen and oxygen atoms in total. The van der Waals surface area contributed by atoms with Gasteiger partial charge in [-0.2, -0.15) is 4.57 Å². The number of carbonyl (C=O) groups excluding carboxylic acids is 3. The number of carboxylic acids is 1. The summed E-state index contributed by atoms with van der Waals surface area (Å²) in [6.45, 7) is 2.52. The van der Waals surface area contributed by atoms with Crippen LogP contribution in [0.2, 0.25) is 0 Å². The highest BCUT2D eigenvalue weighted by Gasteiger charge is 2.60. The summed E-state index contributed by atoms with van der Waals surface area (Å²) >= 11 is 0. The number of amides is 2. The number of rotatable bonds is 5. The van der Waals surface area contributed by atoms with Crippen molar-refractivity contribution in [3.8, 4) is 0 Å². The molecule has 1 aromatic rings. The number of nitrogens with zero attached hydrogens (tertiary/aromatic N) is 1. The Morgan fingerprint density at radius 2 is 1.91 bits per heavy atom. The van der Waals surface area contributed by atoms with Crippen LogP contribution in [0.25, 0.3) is 0 Å². The van der Waals surface area contributed by atoms with Crippen molar-refractivity contribution in [3.63, 3.8) is 0 Å².